The summed E-state index contributed by atoms with van der Waals surface area (Å²) in [6, 6.07) is 14.1. The second-order valence-electron chi connectivity index (χ2n) is 6.71. The number of nitrogens with zero attached hydrogens (tertiary/aromatic N) is 7. The number of para-hydroxylation sites is 2. The minimum atomic E-state index is -0.423. The van der Waals surface area contributed by atoms with Gasteiger partial charge in [0.1, 0.15) is 0 Å². The molecular weight excluding hydrogens is 370 g/mol. The predicted octanol–water partition coefficient (Wildman–Crippen LogP) is 3.66. The number of benzene rings is 2. The SMILES string of the molecule is Cc1nn(-c2ccc([N+](=O)[O-])cc2)cc1-c1nnc2c(C)nc3ccccc3n12. The molecule has 0 atom stereocenters. The Labute approximate surface area is 164 Å². The van der Waals surface area contributed by atoms with Gasteiger partial charge in [0, 0.05) is 18.3 Å². The smallest absolute Gasteiger partial charge is 0.269 e. The van der Waals surface area contributed by atoms with Crippen LogP contribution in [0.3, 0.4) is 0 Å². The van der Waals surface area contributed by atoms with E-state index in [1.807, 2.05) is 48.7 Å². The van der Waals surface area contributed by atoms with Crippen LogP contribution in [0.5, 0.6) is 0 Å². The van der Waals surface area contributed by atoms with E-state index in [1.54, 1.807) is 16.8 Å². The van der Waals surface area contributed by atoms with Gasteiger partial charge in [-0.25, -0.2) is 9.67 Å². The molecule has 0 aliphatic carbocycles. The van der Waals surface area contributed by atoms with E-state index < -0.39 is 4.92 Å². The first-order valence-electron chi connectivity index (χ1n) is 8.95. The Morgan fingerprint density at radius 2 is 1.72 bits per heavy atom. The summed E-state index contributed by atoms with van der Waals surface area (Å²) < 4.78 is 3.67. The molecule has 0 fully saturated rings. The minimum absolute atomic E-state index is 0.0377. The third-order valence-electron chi connectivity index (χ3n) is 4.86. The van der Waals surface area contributed by atoms with Crippen molar-refractivity contribution in [3.8, 4) is 17.1 Å². The van der Waals surface area contributed by atoms with Gasteiger partial charge in [0.25, 0.3) is 5.69 Å². The second kappa shape index (κ2) is 6.20. The highest BCUT2D eigenvalue weighted by Crippen LogP contribution is 2.27. The normalized spacial score (nSPS) is 11.4. The van der Waals surface area contributed by atoms with E-state index in [4.69, 9.17) is 0 Å². The van der Waals surface area contributed by atoms with Crippen molar-refractivity contribution in [3.63, 3.8) is 0 Å². The molecule has 0 saturated carbocycles. The van der Waals surface area contributed by atoms with E-state index in [2.05, 4.69) is 20.3 Å². The Bertz CT molecular complexity index is 1400. The molecule has 9 heteroatoms. The van der Waals surface area contributed by atoms with Crippen LogP contribution in [0.25, 0.3) is 33.8 Å². The molecule has 5 rings (SSSR count). The summed E-state index contributed by atoms with van der Waals surface area (Å²) in [6.45, 7) is 3.81. The average Bonchev–Trinajstić information content (AvgIpc) is 3.32. The van der Waals surface area contributed by atoms with Gasteiger partial charge < -0.3 is 0 Å². The third-order valence-corrected chi connectivity index (χ3v) is 4.86. The molecular formula is C20H15N7O2. The molecule has 0 spiro atoms. The van der Waals surface area contributed by atoms with Crippen LogP contribution < -0.4 is 0 Å². The van der Waals surface area contributed by atoms with E-state index in [9.17, 15) is 10.1 Å². The van der Waals surface area contributed by atoms with Gasteiger partial charge in [-0.05, 0) is 38.1 Å². The first-order valence-corrected chi connectivity index (χ1v) is 8.95. The second-order valence-corrected chi connectivity index (χ2v) is 6.71. The molecule has 3 aromatic heterocycles. The number of aromatic nitrogens is 6. The summed E-state index contributed by atoms with van der Waals surface area (Å²) in [5, 5.41) is 24.2. The van der Waals surface area contributed by atoms with Crippen LogP contribution >= 0.6 is 0 Å². The Kier molecular flexibility index (Phi) is 3.63. The fraction of sp³-hybridized carbons (Fsp3) is 0.100. The number of non-ortho nitro benzene ring substituents is 1. The lowest BCUT2D eigenvalue weighted by molar-refractivity contribution is -0.384. The highest BCUT2D eigenvalue weighted by molar-refractivity contribution is 5.81. The molecule has 0 saturated heterocycles. The number of aryl methyl sites for hydroxylation is 2. The molecule has 0 aliphatic heterocycles. The van der Waals surface area contributed by atoms with Crippen LogP contribution in [-0.4, -0.2) is 34.3 Å². The summed E-state index contributed by atoms with van der Waals surface area (Å²) in [5.41, 5.74) is 5.62. The Balaban J connectivity index is 1.69. The van der Waals surface area contributed by atoms with Crippen LogP contribution in [0.4, 0.5) is 5.69 Å². The number of fused-ring (bicyclic) bond motifs is 3. The molecule has 3 heterocycles. The number of nitro benzene ring substituents is 1. The molecule has 0 bridgehead atoms. The van der Waals surface area contributed by atoms with Gasteiger partial charge >= 0.3 is 0 Å². The number of nitro groups is 1. The molecule has 5 aromatic rings. The van der Waals surface area contributed by atoms with Crippen molar-refractivity contribution in [2.75, 3.05) is 0 Å². The average molecular weight is 385 g/mol. The van der Waals surface area contributed by atoms with E-state index in [-0.39, 0.29) is 5.69 Å². The molecule has 0 aliphatic rings. The predicted molar refractivity (Wildman–Crippen MR) is 107 cm³/mol. The van der Waals surface area contributed by atoms with Crippen molar-refractivity contribution < 1.29 is 4.92 Å². The van der Waals surface area contributed by atoms with Crippen LogP contribution in [0.15, 0.2) is 54.7 Å². The topological polar surface area (TPSA) is 104 Å². The Hall–Kier alpha value is -4.14. The van der Waals surface area contributed by atoms with E-state index in [0.29, 0.717) is 11.5 Å². The third kappa shape index (κ3) is 2.63. The first-order chi connectivity index (χ1) is 14.0. The quantitative estimate of drug-likeness (QED) is 0.347. The lowest BCUT2D eigenvalue weighted by Crippen LogP contribution is -1.97. The van der Waals surface area contributed by atoms with Crippen LogP contribution in [0, 0.1) is 24.0 Å². The lowest BCUT2D eigenvalue weighted by Gasteiger charge is -2.05. The van der Waals surface area contributed by atoms with Gasteiger partial charge in [0.05, 0.1) is 38.6 Å². The van der Waals surface area contributed by atoms with Crippen molar-refractivity contribution in [2.45, 2.75) is 13.8 Å². The summed E-state index contributed by atoms with van der Waals surface area (Å²) in [7, 11) is 0. The number of rotatable bonds is 3. The zero-order valence-corrected chi connectivity index (χ0v) is 15.6. The summed E-state index contributed by atoms with van der Waals surface area (Å²) >= 11 is 0. The van der Waals surface area contributed by atoms with Gasteiger partial charge in [-0.3, -0.25) is 14.5 Å². The summed E-state index contributed by atoms with van der Waals surface area (Å²) in [5.74, 6) is 0.673. The lowest BCUT2D eigenvalue weighted by atomic mass is 10.2. The van der Waals surface area contributed by atoms with E-state index >= 15 is 0 Å². The molecule has 0 unspecified atom stereocenters. The van der Waals surface area contributed by atoms with Crippen LogP contribution in [0.1, 0.15) is 11.4 Å². The van der Waals surface area contributed by atoms with Crippen molar-refractivity contribution in [2.24, 2.45) is 0 Å². The number of hydrogen-bond acceptors (Lipinski definition) is 6. The molecule has 0 amide bonds. The van der Waals surface area contributed by atoms with Gasteiger partial charge in [-0.15, -0.1) is 10.2 Å². The van der Waals surface area contributed by atoms with Gasteiger partial charge in [-0.2, -0.15) is 5.10 Å². The van der Waals surface area contributed by atoms with E-state index in [1.165, 1.54) is 12.1 Å². The maximum absolute atomic E-state index is 10.9. The standard InChI is InChI=1S/C20H15N7O2/c1-12-16(11-25(24-12)14-7-9-15(10-8-14)27(28)29)20-23-22-19-13(2)21-17-5-3-4-6-18(17)26(19)20/h3-11H,1-2H3. The van der Waals surface area contributed by atoms with Gasteiger partial charge in [0.2, 0.25) is 0 Å². The number of hydrogen-bond donors (Lipinski definition) is 0. The Morgan fingerprint density at radius 1 is 0.966 bits per heavy atom. The van der Waals surface area contributed by atoms with E-state index in [0.717, 1.165) is 33.7 Å². The first kappa shape index (κ1) is 17.0. The zero-order valence-electron chi connectivity index (χ0n) is 15.6. The monoisotopic (exact) mass is 385 g/mol. The van der Waals surface area contributed by atoms with Gasteiger partial charge in [0.15, 0.2) is 11.5 Å². The molecule has 2 aromatic carbocycles. The molecule has 0 N–H and O–H groups in total. The fourth-order valence-corrected chi connectivity index (χ4v) is 3.44. The fourth-order valence-electron chi connectivity index (χ4n) is 3.44. The zero-order chi connectivity index (χ0) is 20.1. The molecule has 29 heavy (non-hydrogen) atoms. The van der Waals surface area contributed by atoms with Crippen LogP contribution in [-0.2, 0) is 0 Å². The maximum atomic E-state index is 10.9. The minimum Gasteiger partial charge on any atom is -0.272 e. The van der Waals surface area contributed by atoms with Crippen LogP contribution in [0.2, 0.25) is 0 Å². The summed E-state index contributed by atoms with van der Waals surface area (Å²) in [4.78, 5) is 15.1. The van der Waals surface area contributed by atoms with Crippen molar-refractivity contribution in [1.29, 1.82) is 0 Å². The van der Waals surface area contributed by atoms with Crippen molar-refractivity contribution >= 4 is 22.4 Å². The van der Waals surface area contributed by atoms with Crippen molar-refractivity contribution in [1.82, 2.24) is 29.4 Å². The molecule has 142 valence electrons. The largest absolute Gasteiger partial charge is 0.272 e. The molecule has 9 nitrogen and oxygen atoms in total. The van der Waals surface area contributed by atoms with Crippen molar-refractivity contribution in [3.05, 3.63) is 76.2 Å². The molecule has 0 radical (unpaired) electrons. The summed E-state index contributed by atoms with van der Waals surface area (Å²) in [6.07, 6.45) is 1.86. The highest BCUT2D eigenvalue weighted by Gasteiger charge is 2.18. The van der Waals surface area contributed by atoms with Gasteiger partial charge in [-0.1, -0.05) is 12.1 Å². The Morgan fingerprint density at radius 3 is 2.48 bits per heavy atom. The highest BCUT2D eigenvalue weighted by atomic mass is 16.6. The maximum Gasteiger partial charge on any atom is 0.269 e.